The fraction of sp³-hybridized carbons (Fsp3) is 0.753. The Balaban J connectivity index is 4.30. The van der Waals surface area contributed by atoms with Gasteiger partial charge in [0.15, 0.2) is 6.10 Å². The summed E-state index contributed by atoms with van der Waals surface area (Å²) in [4.78, 5) is 38.5. The van der Waals surface area contributed by atoms with Crippen LogP contribution in [0.1, 0.15) is 355 Å². The van der Waals surface area contributed by atoms with Crippen LogP contribution in [0.25, 0.3) is 0 Å². The topological polar surface area (TPSA) is 78.9 Å². The lowest BCUT2D eigenvalue weighted by Gasteiger charge is -2.18. The largest absolute Gasteiger partial charge is 0.462 e. The third-order valence-corrected chi connectivity index (χ3v) is 15.6. The summed E-state index contributed by atoms with van der Waals surface area (Å²) in [7, 11) is 0. The summed E-state index contributed by atoms with van der Waals surface area (Å²) in [6, 6.07) is 0. The predicted octanol–water partition coefficient (Wildman–Crippen LogP) is 24.8. The normalized spacial score (nSPS) is 12.7. The van der Waals surface area contributed by atoms with Crippen molar-refractivity contribution in [2.45, 2.75) is 361 Å². The van der Waals surface area contributed by atoms with Crippen LogP contribution in [0.2, 0.25) is 0 Å². The van der Waals surface area contributed by atoms with E-state index in [1.807, 2.05) is 0 Å². The molecular weight excluding hydrogens is 1020 g/mol. The van der Waals surface area contributed by atoms with Crippen molar-refractivity contribution < 1.29 is 28.6 Å². The zero-order valence-corrected chi connectivity index (χ0v) is 54.9. The van der Waals surface area contributed by atoms with Crippen molar-refractivity contribution >= 4 is 17.9 Å². The van der Waals surface area contributed by atoms with Gasteiger partial charge < -0.3 is 14.2 Å². The lowest BCUT2D eigenvalue weighted by atomic mass is 10.0. The average molecular weight is 1160 g/mol. The molecule has 6 heteroatoms. The molecule has 0 aromatic carbocycles. The quantitative estimate of drug-likeness (QED) is 0.0261. The monoisotopic (exact) mass is 1160 g/mol. The first kappa shape index (κ1) is 79.3. The molecule has 0 rings (SSSR count). The smallest absolute Gasteiger partial charge is 0.306 e. The van der Waals surface area contributed by atoms with E-state index in [0.29, 0.717) is 19.3 Å². The van der Waals surface area contributed by atoms with Crippen LogP contribution in [0.4, 0.5) is 0 Å². The number of esters is 3. The van der Waals surface area contributed by atoms with Gasteiger partial charge in [-0.3, -0.25) is 14.4 Å². The van der Waals surface area contributed by atoms with E-state index in [9.17, 15) is 14.4 Å². The lowest BCUT2D eigenvalue weighted by molar-refractivity contribution is -0.167. The van der Waals surface area contributed by atoms with Crippen LogP contribution in [-0.4, -0.2) is 37.2 Å². The first-order valence-electron chi connectivity index (χ1n) is 35.7. The van der Waals surface area contributed by atoms with Crippen LogP contribution < -0.4 is 0 Å². The fourth-order valence-electron chi connectivity index (χ4n) is 10.3. The molecule has 0 bridgehead atoms. The lowest BCUT2D eigenvalue weighted by Crippen LogP contribution is -2.30. The molecule has 1 atom stereocenters. The summed E-state index contributed by atoms with van der Waals surface area (Å²) in [6.45, 7) is 6.46. The minimum atomic E-state index is -0.782. The van der Waals surface area contributed by atoms with Gasteiger partial charge in [0.05, 0.1) is 0 Å². The summed E-state index contributed by atoms with van der Waals surface area (Å²) in [5, 5.41) is 0. The Morgan fingerprint density at radius 3 is 0.735 bits per heavy atom. The molecule has 0 spiro atoms. The van der Waals surface area contributed by atoms with Gasteiger partial charge in [0.2, 0.25) is 0 Å². The van der Waals surface area contributed by atoms with Crippen molar-refractivity contribution in [3.05, 3.63) is 97.2 Å². The van der Waals surface area contributed by atoms with E-state index < -0.39 is 6.10 Å². The van der Waals surface area contributed by atoms with Crippen molar-refractivity contribution in [2.24, 2.45) is 0 Å². The molecule has 478 valence electrons. The van der Waals surface area contributed by atoms with Gasteiger partial charge >= 0.3 is 17.9 Å². The highest BCUT2D eigenvalue weighted by molar-refractivity contribution is 5.71. The Labute approximate surface area is 515 Å². The standard InChI is InChI=1S/C77H134O6/c1-4-7-10-13-16-19-22-25-28-31-33-34-35-36-37-38-39-40-41-42-44-46-49-52-55-58-61-64-67-70-76(79)82-73-74(72-81-75(78)69-66-63-60-57-54-51-48-45-30-27-24-21-18-15-12-9-6-3)83-77(80)71-68-65-62-59-56-53-50-47-43-32-29-26-23-20-17-14-11-8-5-2/h7,9-10,12,16,18-19,21,25,27-28,30,33-34,36-37,74H,4-6,8,11,13-15,17,20,22-24,26,29,31-32,35,38-73H2,1-3H3/b10-7-,12-9-,19-16-,21-18-,28-25-,30-27-,34-33-,37-36-. The fourth-order valence-corrected chi connectivity index (χ4v) is 10.3. The van der Waals surface area contributed by atoms with Gasteiger partial charge in [0.25, 0.3) is 0 Å². The molecule has 0 N–H and O–H groups in total. The van der Waals surface area contributed by atoms with Crippen LogP contribution >= 0.6 is 0 Å². The Morgan fingerprint density at radius 1 is 0.253 bits per heavy atom. The minimum Gasteiger partial charge on any atom is -0.462 e. The van der Waals surface area contributed by atoms with E-state index in [2.05, 4.69) is 118 Å². The van der Waals surface area contributed by atoms with Crippen LogP contribution in [0.3, 0.4) is 0 Å². The number of ether oxygens (including phenoxy) is 3. The van der Waals surface area contributed by atoms with Gasteiger partial charge in [-0.1, -0.05) is 336 Å². The summed E-state index contributed by atoms with van der Waals surface area (Å²) in [6.07, 6.45) is 95.7. The second-order valence-corrected chi connectivity index (χ2v) is 23.7. The van der Waals surface area contributed by atoms with Gasteiger partial charge in [0.1, 0.15) is 13.2 Å². The molecule has 0 heterocycles. The van der Waals surface area contributed by atoms with E-state index >= 15 is 0 Å². The van der Waals surface area contributed by atoms with E-state index in [0.717, 1.165) is 116 Å². The molecule has 0 aromatic heterocycles. The van der Waals surface area contributed by atoms with Crippen molar-refractivity contribution in [1.82, 2.24) is 0 Å². The highest BCUT2D eigenvalue weighted by atomic mass is 16.6. The zero-order valence-electron chi connectivity index (χ0n) is 54.9. The van der Waals surface area contributed by atoms with Gasteiger partial charge in [-0.05, 0) is 96.3 Å². The van der Waals surface area contributed by atoms with E-state index in [-0.39, 0.29) is 31.1 Å². The molecule has 0 saturated heterocycles. The van der Waals surface area contributed by atoms with Crippen LogP contribution in [0.15, 0.2) is 97.2 Å². The van der Waals surface area contributed by atoms with Crippen molar-refractivity contribution in [1.29, 1.82) is 0 Å². The second kappa shape index (κ2) is 70.8. The first-order valence-corrected chi connectivity index (χ1v) is 35.7. The van der Waals surface area contributed by atoms with Gasteiger partial charge in [-0.25, -0.2) is 0 Å². The van der Waals surface area contributed by atoms with E-state index in [1.165, 1.54) is 199 Å². The molecule has 0 saturated carbocycles. The zero-order chi connectivity index (χ0) is 59.9. The minimum absolute atomic E-state index is 0.0774. The number of hydrogen-bond donors (Lipinski definition) is 0. The Bertz CT molecular complexity index is 1610. The Kier molecular flexibility index (Phi) is 67.7. The summed E-state index contributed by atoms with van der Waals surface area (Å²) in [5.74, 6) is -0.868. The summed E-state index contributed by atoms with van der Waals surface area (Å²) in [5.41, 5.74) is 0. The molecule has 6 nitrogen and oxygen atoms in total. The maximum Gasteiger partial charge on any atom is 0.306 e. The van der Waals surface area contributed by atoms with Crippen molar-refractivity contribution in [3.63, 3.8) is 0 Å². The molecule has 0 fully saturated rings. The Hall–Kier alpha value is -3.67. The maximum absolute atomic E-state index is 13.0. The highest BCUT2D eigenvalue weighted by Crippen LogP contribution is 2.18. The highest BCUT2D eigenvalue weighted by Gasteiger charge is 2.19. The van der Waals surface area contributed by atoms with Crippen molar-refractivity contribution in [2.75, 3.05) is 13.2 Å². The molecule has 0 aliphatic carbocycles. The van der Waals surface area contributed by atoms with Gasteiger partial charge in [-0.2, -0.15) is 0 Å². The third-order valence-electron chi connectivity index (χ3n) is 15.6. The van der Waals surface area contributed by atoms with Gasteiger partial charge in [-0.15, -0.1) is 0 Å². The first-order chi connectivity index (χ1) is 41.0. The summed E-state index contributed by atoms with van der Waals surface area (Å²) < 4.78 is 17.0. The molecule has 83 heavy (non-hydrogen) atoms. The molecule has 0 radical (unpaired) electrons. The second-order valence-electron chi connectivity index (χ2n) is 23.7. The Morgan fingerprint density at radius 2 is 0.470 bits per heavy atom. The molecule has 0 amide bonds. The SMILES string of the molecule is CC/C=C\C/C=C\C/C=C\C/C=C\C/C=C\CCCCCCCCCCCCCCCC(=O)OCC(COC(=O)CCCCCCCCC/C=C\C/C=C\C/C=C\CC)OC(=O)CCCCCCCCCCCCCCCCCCCCC. The predicted molar refractivity (Wildman–Crippen MR) is 362 cm³/mol. The number of rotatable bonds is 65. The van der Waals surface area contributed by atoms with E-state index in [4.69, 9.17) is 14.2 Å². The number of unbranched alkanes of at least 4 members (excludes halogenated alkanes) is 38. The van der Waals surface area contributed by atoms with Crippen LogP contribution in [-0.2, 0) is 28.6 Å². The van der Waals surface area contributed by atoms with Gasteiger partial charge in [0, 0.05) is 19.3 Å². The van der Waals surface area contributed by atoms with Crippen LogP contribution in [0.5, 0.6) is 0 Å². The molecule has 1 unspecified atom stereocenters. The number of hydrogen-bond acceptors (Lipinski definition) is 6. The van der Waals surface area contributed by atoms with Crippen LogP contribution in [0, 0.1) is 0 Å². The molecule has 0 aliphatic rings. The third kappa shape index (κ3) is 69.0. The van der Waals surface area contributed by atoms with E-state index in [1.54, 1.807) is 0 Å². The number of allylic oxidation sites excluding steroid dienone is 16. The molecule has 0 aromatic rings. The maximum atomic E-state index is 13.0. The summed E-state index contributed by atoms with van der Waals surface area (Å²) >= 11 is 0. The van der Waals surface area contributed by atoms with Crippen molar-refractivity contribution in [3.8, 4) is 0 Å². The number of carbonyl (C=O) groups is 3. The molecule has 0 aliphatic heterocycles. The average Bonchev–Trinajstić information content (AvgIpc) is 3.49. The number of carbonyl (C=O) groups excluding carboxylic acids is 3. The molecular formula is C77H134O6.